The lowest BCUT2D eigenvalue weighted by molar-refractivity contribution is -0.137. The van der Waals surface area contributed by atoms with E-state index < -0.39 is 17.0 Å². The molecule has 0 aliphatic heterocycles. The summed E-state index contributed by atoms with van der Waals surface area (Å²) in [7, 11) is 0. The van der Waals surface area contributed by atoms with Crippen LogP contribution in [0.2, 0.25) is 5.02 Å². The molecule has 30 heavy (non-hydrogen) atoms. The first-order valence-electron chi connectivity index (χ1n) is 8.60. The van der Waals surface area contributed by atoms with Gasteiger partial charge in [0.25, 0.3) is 0 Å². The number of aromatic nitrogens is 1. The van der Waals surface area contributed by atoms with E-state index in [1.54, 1.807) is 42.5 Å². The number of hydrogen-bond donors (Lipinski definition) is 1. The van der Waals surface area contributed by atoms with Gasteiger partial charge in [0.2, 0.25) is 0 Å². The number of alkyl halides is 3. The van der Waals surface area contributed by atoms with E-state index in [1.165, 1.54) is 0 Å². The maximum absolute atomic E-state index is 13.5. The standard InChI is InChI=1S/C20H14BrClF3NO3S/c21-15-9-11(2-8-17(27)28)1-7-16(15)29-10-14-18(12-3-5-13(22)6-4-12)26-30-19(14)20(23,24)25/h1,3-7,9H,2,8,10H2,(H,27,28). The average molecular weight is 521 g/mol. The highest BCUT2D eigenvalue weighted by Crippen LogP contribution is 2.40. The van der Waals surface area contributed by atoms with Crippen LogP contribution in [-0.4, -0.2) is 15.4 Å². The highest BCUT2D eigenvalue weighted by atomic mass is 79.9. The Labute approximate surface area is 187 Å². The van der Waals surface area contributed by atoms with Gasteiger partial charge in [-0.2, -0.15) is 17.5 Å². The zero-order valence-corrected chi connectivity index (χ0v) is 18.3. The van der Waals surface area contributed by atoms with Gasteiger partial charge in [-0.25, -0.2) is 0 Å². The summed E-state index contributed by atoms with van der Waals surface area (Å²) in [6.07, 6.45) is -4.24. The van der Waals surface area contributed by atoms with Gasteiger partial charge < -0.3 is 9.84 Å². The van der Waals surface area contributed by atoms with Crippen LogP contribution in [0.5, 0.6) is 5.75 Å². The fourth-order valence-electron chi connectivity index (χ4n) is 2.72. The molecular formula is C20H14BrClF3NO3S. The third-order valence-corrected chi connectivity index (χ3v) is 5.97. The monoisotopic (exact) mass is 519 g/mol. The molecule has 4 nitrogen and oxygen atoms in total. The normalized spacial score (nSPS) is 11.5. The van der Waals surface area contributed by atoms with Gasteiger partial charge in [0.15, 0.2) is 0 Å². The lowest BCUT2D eigenvalue weighted by Crippen LogP contribution is -2.08. The quantitative estimate of drug-likeness (QED) is 0.370. The molecule has 1 aromatic heterocycles. The molecule has 2 aromatic carbocycles. The predicted molar refractivity (Wildman–Crippen MR) is 112 cm³/mol. The Morgan fingerprint density at radius 3 is 2.50 bits per heavy atom. The molecule has 1 heterocycles. The molecule has 0 atom stereocenters. The highest BCUT2D eigenvalue weighted by Gasteiger charge is 2.38. The molecule has 0 bridgehead atoms. The number of rotatable bonds is 7. The second kappa shape index (κ2) is 9.36. The second-order valence-electron chi connectivity index (χ2n) is 6.29. The van der Waals surface area contributed by atoms with E-state index >= 15 is 0 Å². The van der Waals surface area contributed by atoms with Gasteiger partial charge in [0.1, 0.15) is 17.2 Å². The van der Waals surface area contributed by atoms with Gasteiger partial charge in [0, 0.05) is 22.6 Å². The first-order valence-corrected chi connectivity index (χ1v) is 10.5. The van der Waals surface area contributed by atoms with Crippen molar-refractivity contribution < 1.29 is 27.8 Å². The van der Waals surface area contributed by atoms with Crippen LogP contribution in [0.15, 0.2) is 46.9 Å². The lowest BCUT2D eigenvalue weighted by atomic mass is 10.1. The minimum atomic E-state index is -4.56. The van der Waals surface area contributed by atoms with E-state index in [0.29, 0.717) is 38.8 Å². The molecule has 0 unspecified atom stereocenters. The van der Waals surface area contributed by atoms with E-state index in [1.807, 2.05) is 0 Å². The minimum absolute atomic E-state index is 0.0212. The largest absolute Gasteiger partial charge is 0.488 e. The summed E-state index contributed by atoms with van der Waals surface area (Å²) in [6.45, 7) is -0.337. The van der Waals surface area contributed by atoms with E-state index in [2.05, 4.69) is 20.3 Å². The topological polar surface area (TPSA) is 59.4 Å². The number of halogens is 5. The number of nitrogens with zero attached hydrogens (tertiary/aromatic N) is 1. The SMILES string of the molecule is O=C(O)CCc1ccc(OCc2c(-c3ccc(Cl)cc3)nsc2C(F)(F)F)c(Br)c1. The number of carboxylic acids is 1. The predicted octanol–water partition coefficient (Wildman–Crippen LogP) is 6.84. The molecule has 0 aliphatic carbocycles. The van der Waals surface area contributed by atoms with E-state index in [0.717, 1.165) is 5.56 Å². The van der Waals surface area contributed by atoms with Crippen molar-refractivity contribution in [3.63, 3.8) is 0 Å². The van der Waals surface area contributed by atoms with Crippen molar-refractivity contribution in [3.8, 4) is 17.0 Å². The van der Waals surface area contributed by atoms with Gasteiger partial charge in [0.05, 0.1) is 10.2 Å². The summed E-state index contributed by atoms with van der Waals surface area (Å²) in [6, 6.07) is 11.3. The van der Waals surface area contributed by atoms with Gasteiger partial charge >= 0.3 is 12.1 Å². The Bertz CT molecular complexity index is 1050. The summed E-state index contributed by atoms with van der Waals surface area (Å²) in [5.41, 5.74) is 1.41. The molecule has 3 rings (SSSR count). The minimum Gasteiger partial charge on any atom is -0.488 e. The van der Waals surface area contributed by atoms with E-state index in [-0.39, 0.29) is 24.3 Å². The fourth-order valence-corrected chi connectivity index (χ4v) is 4.15. The Morgan fingerprint density at radius 1 is 1.20 bits per heavy atom. The van der Waals surface area contributed by atoms with Gasteiger partial charge in [-0.05, 0) is 63.7 Å². The van der Waals surface area contributed by atoms with Crippen LogP contribution in [0, 0.1) is 0 Å². The summed E-state index contributed by atoms with van der Waals surface area (Å²) in [5.74, 6) is -0.568. The van der Waals surface area contributed by atoms with Gasteiger partial charge in [-0.3, -0.25) is 4.79 Å². The maximum atomic E-state index is 13.5. The number of aryl methyl sites for hydroxylation is 1. The number of carbonyl (C=O) groups is 1. The first kappa shape index (κ1) is 22.6. The number of hydrogen-bond acceptors (Lipinski definition) is 4. The highest BCUT2D eigenvalue weighted by molar-refractivity contribution is 9.10. The molecule has 3 aromatic rings. The Hall–Kier alpha value is -2.10. The van der Waals surface area contributed by atoms with Crippen molar-refractivity contribution in [2.75, 3.05) is 0 Å². The molecule has 0 radical (unpaired) electrons. The zero-order chi connectivity index (χ0) is 21.9. The smallest absolute Gasteiger partial charge is 0.427 e. The lowest BCUT2D eigenvalue weighted by Gasteiger charge is -2.12. The molecule has 0 fully saturated rings. The van der Waals surface area contributed by atoms with Crippen LogP contribution >= 0.6 is 39.1 Å². The number of carboxylic acid groups (broad SMARTS) is 1. The van der Waals surface area contributed by atoms with E-state index in [9.17, 15) is 18.0 Å². The third-order valence-electron chi connectivity index (χ3n) is 4.16. The van der Waals surface area contributed by atoms with Crippen molar-refractivity contribution in [3.05, 3.63) is 68.0 Å². The molecule has 1 N–H and O–H groups in total. The summed E-state index contributed by atoms with van der Waals surface area (Å²) in [4.78, 5) is 9.88. The third kappa shape index (κ3) is 5.53. The average Bonchev–Trinajstić information content (AvgIpc) is 3.10. The van der Waals surface area contributed by atoms with E-state index in [4.69, 9.17) is 21.4 Å². The van der Waals surface area contributed by atoms with Crippen molar-refractivity contribution in [1.29, 1.82) is 0 Å². The Morgan fingerprint density at radius 2 is 1.90 bits per heavy atom. The molecule has 158 valence electrons. The van der Waals surface area contributed by atoms with Crippen molar-refractivity contribution in [2.45, 2.75) is 25.6 Å². The van der Waals surface area contributed by atoms with Crippen LogP contribution in [0.4, 0.5) is 13.2 Å². The van der Waals surface area contributed by atoms with Crippen LogP contribution in [0.3, 0.4) is 0 Å². The molecule has 10 heteroatoms. The van der Waals surface area contributed by atoms with Gasteiger partial charge in [-0.1, -0.05) is 29.8 Å². The Balaban J connectivity index is 1.86. The van der Waals surface area contributed by atoms with Crippen LogP contribution in [0.1, 0.15) is 22.4 Å². The van der Waals surface area contributed by atoms with Crippen LogP contribution < -0.4 is 4.74 Å². The molecular weight excluding hydrogens is 507 g/mol. The molecule has 0 saturated carbocycles. The number of benzene rings is 2. The summed E-state index contributed by atoms with van der Waals surface area (Å²) >= 11 is 9.57. The summed E-state index contributed by atoms with van der Waals surface area (Å²) < 4.78 is 50.6. The zero-order valence-electron chi connectivity index (χ0n) is 15.2. The second-order valence-corrected chi connectivity index (χ2v) is 8.35. The van der Waals surface area contributed by atoms with Crippen LogP contribution in [0.25, 0.3) is 11.3 Å². The van der Waals surface area contributed by atoms with Crippen molar-refractivity contribution in [2.24, 2.45) is 0 Å². The number of aliphatic carboxylic acids is 1. The summed E-state index contributed by atoms with van der Waals surface area (Å²) in [5, 5.41) is 9.24. The van der Waals surface area contributed by atoms with Crippen LogP contribution in [-0.2, 0) is 24.0 Å². The molecule has 0 amide bonds. The maximum Gasteiger partial charge on any atom is 0.427 e. The molecule has 0 spiro atoms. The molecule has 0 aliphatic rings. The van der Waals surface area contributed by atoms with Crippen molar-refractivity contribution >= 4 is 45.0 Å². The van der Waals surface area contributed by atoms with Crippen molar-refractivity contribution in [1.82, 2.24) is 4.37 Å². The number of ether oxygens (including phenoxy) is 1. The van der Waals surface area contributed by atoms with Gasteiger partial charge in [-0.15, -0.1) is 0 Å². The first-order chi connectivity index (χ1) is 14.1. The molecule has 0 saturated heterocycles. The Kier molecular flexibility index (Phi) is 7.05. The fraction of sp³-hybridized carbons (Fsp3) is 0.200.